The number of likely N-dealkylation sites (tertiary alicyclic amines) is 1. The van der Waals surface area contributed by atoms with Crippen LogP contribution in [0.2, 0.25) is 0 Å². The van der Waals surface area contributed by atoms with Crippen molar-refractivity contribution in [3.8, 4) is 5.75 Å². The Balaban J connectivity index is 1.56. The van der Waals surface area contributed by atoms with Gasteiger partial charge in [-0.2, -0.15) is 13.2 Å². The van der Waals surface area contributed by atoms with Gasteiger partial charge in [-0.1, -0.05) is 0 Å². The molecule has 1 unspecified atom stereocenters. The minimum absolute atomic E-state index is 0.0411. The first-order valence-electron chi connectivity index (χ1n) is 8.23. The Morgan fingerprint density at radius 3 is 2.88 bits per heavy atom. The Kier molecular flexibility index (Phi) is 4.87. The topological polar surface area (TPSA) is 58.6 Å². The molecule has 25 heavy (non-hydrogen) atoms. The molecule has 2 heterocycles. The van der Waals surface area contributed by atoms with Crippen LogP contribution in [0.3, 0.4) is 0 Å². The number of rotatable bonds is 3. The highest BCUT2D eigenvalue weighted by atomic mass is 19.4. The number of hydrogen-bond acceptors (Lipinski definition) is 3. The molecule has 5 nitrogen and oxygen atoms in total. The van der Waals surface area contributed by atoms with Gasteiger partial charge < -0.3 is 15.0 Å². The molecule has 0 saturated carbocycles. The number of amides is 2. The summed E-state index contributed by atoms with van der Waals surface area (Å²) >= 11 is 0. The summed E-state index contributed by atoms with van der Waals surface area (Å²) in [5.41, 5.74) is 1.64. The third-order valence-electron chi connectivity index (χ3n) is 4.57. The molecule has 1 aromatic rings. The summed E-state index contributed by atoms with van der Waals surface area (Å²) in [5, 5.41) is 2.75. The van der Waals surface area contributed by atoms with Crippen LogP contribution in [-0.4, -0.2) is 42.6 Å². The molecule has 0 aromatic heterocycles. The van der Waals surface area contributed by atoms with Crippen LogP contribution in [0.5, 0.6) is 5.75 Å². The van der Waals surface area contributed by atoms with Crippen molar-refractivity contribution in [2.24, 2.45) is 5.92 Å². The minimum Gasteiger partial charge on any atom is -0.484 e. The predicted molar refractivity (Wildman–Crippen MR) is 84.2 cm³/mol. The fourth-order valence-corrected chi connectivity index (χ4v) is 3.16. The monoisotopic (exact) mass is 356 g/mol. The highest BCUT2D eigenvalue weighted by molar-refractivity contribution is 5.94. The Bertz CT molecular complexity index is 676. The first kappa shape index (κ1) is 17.6. The quantitative estimate of drug-likeness (QED) is 0.906. The predicted octanol–water partition coefficient (Wildman–Crippen LogP) is 2.75. The first-order chi connectivity index (χ1) is 11.8. The van der Waals surface area contributed by atoms with Crippen molar-refractivity contribution in [3.63, 3.8) is 0 Å². The van der Waals surface area contributed by atoms with Crippen LogP contribution in [0, 0.1) is 5.92 Å². The molecule has 2 aliphatic rings. The fourth-order valence-electron chi connectivity index (χ4n) is 3.16. The summed E-state index contributed by atoms with van der Waals surface area (Å²) < 4.78 is 43.9. The number of nitrogens with one attached hydrogen (secondary N) is 1. The van der Waals surface area contributed by atoms with E-state index in [-0.39, 0.29) is 25.5 Å². The lowest BCUT2D eigenvalue weighted by molar-refractivity contribution is -0.188. The smallest absolute Gasteiger partial charge is 0.393 e. The lowest BCUT2D eigenvalue weighted by Gasteiger charge is -2.33. The van der Waals surface area contributed by atoms with Crippen LogP contribution >= 0.6 is 0 Å². The summed E-state index contributed by atoms with van der Waals surface area (Å²) in [6.07, 6.45) is -2.89. The third-order valence-corrected chi connectivity index (χ3v) is 4.57. The zero-order valence-corrected chi connectivity index (χ0v) is 13.6. The van der Waals surface area contributed by atoms with Gasteiger partial charge in [-0.15, -0.1) is 0 Å². The molecule has 0 radical (unpaired) electrons. The number of ether oxygens (including phenoxy) is 1. The van der Waals surface area contributed by atoms with Gasteiger partial charge in [0.25, 0.3) is 5.91 Å². The number of benzene rings is 1. The molecular formula is C17H19F3N2O3. The molecule has 0 spiro atoms. The molecule has 1 fully saturated rings. The maximum Gasteiger partial charge on any atom is 0.393 e. The second-order valence-corrected chi connectivity index (χ2v) is 6.38. The number of fused-ring (bicyclic) bond motifs is 1. The van der Waals surface area contributed by atoms with Gasteiger partial charge in [0.05, 0.1) is 5.92 Å². The molecule has 136 valence electrons. The molecular weight excluding hydrogens is 337 g/mol. The zero-order chi connectivity index (χ0) is 18.0. The zero-order valence-electron chi connectivity index (χ0n) is 13.6. The number of alkyl halides is 3. The molecule has 3 rings (SSSR count). The SMILES string of the molecule is O=C1CCc2cc(OCC(=O)N3CCCC(C(F)(F)F)C3)ccc2N1. The molecule has 0 aliphatic carbocycles. The van der Waals surface area contributed by atoms with Crippen LogP contribution < -0.4 is 10.1 Å². The number of hydrogen-bond donors (Lipinski definition) is 1. The Morgan fingerprint density at radius 2 is 2.12 bits per heavy atom. The van der Waals surface area contributed by atoms with Crippen molar-refractivity contribution < 1.29 is 27.5 Å². The number of halogens is 3. The number of piperidine rings is 1. The van der Waals surface area contributed by atoms with Crippen molar-refractivity contribution >= 4 is 17.5 Å². The first-order valence-corrected chi connectivity index (χ1v) is 8.23. The highest BCUT2D eigenvalue weighted by Crippen LogP contribution is 2.33. The molecule has 1 aromatic carbocycles. The van der Waals surface area contributed by atoms with Crippen molar-refractivity contribution in [2.45, 2.75) is 31.9 Å². The van der Waals surface area contributed by atoms with E-state index in [1.807, 2.05) is 0 Å². The summed E-state index contributed by atoms with van der Waals surface area (Å²) in [6.45, 7) is -0.275. The van der Waals surface area contributed by atoms with Crippen LogP contribution in [0.1, 0.15) is 24.8 Å². The van der Waals surface area contributed by atoms with E-state index in [1.54, 1.807) is 18.2 Å². The lowest BCUT2D eigenvalue weighted by atomic mass is 9.97. The highest BCUT2D eigenvalue weighted by Gasteiger charge is 2.42. The van der Waals surface area contributed by atoms with E-state index in [2.05, 4.69) is 5.32 Å². The summed E-state index contributed by atoms with van der Waals surface area (Å²) in [4.78, 5) is 24.7. The molecule has 1 saturated heterocycles. The van der Waals surface area contributed by atoms with Crippen molar-refractivity contribution in [1.82, 2.24) is 4.90 Å². The van der Waals surface area contributed by atoms with E-state index in [1.165, 1.54) is 4.90 Å². The van der Waals surface area contributed by atoms with E-state index < -0.39 is 18.0 Å². The normalized spacial score (nSPS) is 20.7. The maximum atomic E-state index is 12.8. The van der Waals surface area contributed by atoms with Crippen LogP contribution in [-0.2, 0) is 16.0 Å². The van der Waals surface area contributed by atoms with Crippen LogP contribution in [0.25, 0.3) is 0 Å². The molecule has 8 heteroatoms. The maximum absolute atomic E-state index is 12.8. The average Bonchev–Trinajstić information content (AvgIpc) is 2.59. The molecule has 1 N–H and O–H groups in total. The fraction of sp³-hybridized carbons (Fsp3) is 0.529. The Morgan fingerprint density at radius 1 is 1.32 bits per heavy atom. The van der Waals surface area contributed by atoms with Gasteiger partial charge in [0.2, 0.25) is 5.91 Å². The lowest BCUT2D eigenvalue weighted by Crippen LogP contribution is -2.46. The largest absolute Gasteiger partial charge is 0.484 e. The second-order valence-electron chi connectivity index (χ2n) is 6.38. The number of carbonyl (C=O) groups excluding carboxylic acids is 2. The average molecular weight is 356 g/mol. The van der Waals surface area contributed by atoms with Gasteiger partial charge in [0.15, 0.2) is 6.61 Å². The number of anilines is 1. The molecule has 2 amide bonds. The molecule has 1 atom stereocenters. The van der Waals surface area contributed by atoms with Gasteiger partial charge >= 0.3 is 6.18 Å². The number of nitrogens with zero attached hydrogens (tertiary/aromatic N) is 1. The van der Waals surface area contributed by atoms with Crippen molar-refractivity contribution in [1.29, 1.82) is 0 Å². The second kappa shape index (κ2) is 6.93. The van der Waals surface area contributed by atoms with Gasteiger partial charge in [-0.3, -0.25) is 9.59 Å². The van der Waals surface area contributed by atoms with Gasteiger partial charge in [-0.25, -0.2) is 0 Å². The Labute approximate surface area is 143 Å². The molecule has 2 aliphatic heterocycles. The molecule has 0 bridgehead atoms. The Hall–Kier alpha value is -2.25. The summed E-state index contributed by atoms with van der Waals surface area (Å²) in [7, 11) is 0. The standard InChI is InChI=1S/C17H19F3N2O3/c18-17(19,20)12-2-1-7-22(9-12)16(24)10-25-13-4-5-14-11(8-13)3-6-15(23)21-14/h4-5,8,12H,1-3,6-7,9-10H2,(H,21,23). The van der Waals surface area contributed by atoms with Crippen LogP contribution in [0.15, 0.2) is 18.2 Å². The van der Waals surface area contributed by atoms with E-state index in [0.29, 0.717) is 31.6 Å². The minimum atomic E-state index is -4.28. The summed E-state index contributed by atoms with van der Waals surface area (Å²) in [6, 6.07) is 5.08. The van der Waals surface area contributed by atoms with E-state index in [9.17, 15) is 22.8 Å². The van der Waals surface area contributed by atoms with Crippen molar-refractivity contribution in [3.05, 3.63) is 23.8 Å². The number of carbonyl (C=O) groups is 2. The van der Waals surface area contributed by atoms with E-state index in [0.717, 1.165) is 11.3 Å². The summed E-state index contributed by atoms with van der Waals surface area (Å²) in [5.74, 6) is -1.48. The van der Waals surface area contributed by atoms with Crippen molar-refractivity contribution in [2.75, 3.05) is 25.0 Å². The third kappa shape index (κ3) is 4.24. The van der Waals surface area contributed by atoms with Gasteiger partial charge in [0.1, 0.15) is 5.75 Å². The van der Waals surface area contributed by atoms with Gasteiger partial charge in [0, 0.05) is 25.2 Å². The number of aryl methyl sites for hydroxylation is 1. The van der Waals surface area contributed by atoms with Crippen LogP contribution in [0.4, 0.5) is 18.9 Å². The van der Waals surface area contributed by atoms with E-state index >= 15 is 0 Å². The van der Waals surface area contributed by atoms with Gasteiger partial charge in [-0.05, 0) is 43.0 Å². The van der Waals surface area contributed by atoms with E-state index in [4.69, 9.17) is 4.74 Å².